The van der Waals surface area contributed by atoms with Crippen LogP contribution in [0.1, 0.15) is 18.5 Å². The van der Waals surface area contributed by atoms with Gasteiger partial charge in [0.05, 0.1) is 0 Å². The monoisotopic (exact) mass is 226 g/mol. The molecule has 0 unspecified atom stereocenters. The maximum atomic E-state index is 5.94. The number of likely N-dealkylation sites (N-methyl/N-ethyl adjacent to an activating group) is 1. The van der Waals surface area contributed by atoms with E-state index in [0.717, 1.165) is 18.1 Å². The van der Waals surface area contributed by atoms with E-state index in [-0.39, 0.29) is 0 Å². The lowest BCUT2D eigenvalue weighted by molar-refractivity contribution is 0.389. The Morgan fingerprint density at radius 3 is 2.73 bits per heavy atom. The molecule has 15 heavy (non-hydrogen) atoms. The van der Waals surface area contributed by atoms with Gasteiger partial charge in [0, 0.05) is 24.2 Å². The molecular weight excluding hydrogens is 208 g/mol. The smallest absolute Gasteiger partial charge is 0.0409 e. The zero-order valence-electron chi connectivity index (χ0n) is 9.63. The molecule has 0 radical (unpaired) electrons. The summed E-state index contributed by atoms with van der Waals surface area (Å²) in [6.45, 7) is 4.19. The molecule has 1 aromatic carbocycles. The fraction of sp³-hybridized carbons (Fsp3) is 0.500. The van der Waals surface area contributed by atoms with E-state index in [1.54, 1.807) is 0 Å². The predicted octanol–water partition coefficient (Wildman–Crippen LogP) is 2.55. The molecule has 0 bridgehead atoms. The molecule has 0 aliphatic rings. The van der Waals surface area contributed by atoms with Crippen molar-refractivity contribution >= 4 is 11.6 Å². The molecule has 0 amide bonds. The van der Waals surface area contributed by atoms with Crippen LogP contribution >= 0.6 is 11.6 Å². The molecule has 3 heteroatoms. The van der Waals surface area contributed by atoms with Crippen LogP contribution in [0.4, 0.5) is 0 Å². The first kappa shape index (κ1) is 12.5. The van der Waals surface area contributed by atoms with Gasteiger partial charge in [0.15, 0.2) is 0 Å². The van der Waals surface area contributed by atoms with Crippen LogP contribution in [0.2, 0.25) is 5.02 Å². The summed E-state index contributed by atoms with van der Waals surface area (Å²) >= 11 is 5.94. The largest absolute Gasteiger partial charge is 0.309 e. The van der Waals surface area contributed by atoms with Crippen molar-refractivity contribution in [3.63, 3.8) is 0 Å². The van der Waals surface area contributed by atoms with Gasteiger partial charge in [0.1, 0.15) is 0 Å². The molecule has 1 rings (SSSR count). The highest BCUT2D eigenvalue weighted by Crippen LogP contribution is 2.16. The lowest BCUT2D eigenvalue weighted by atomic mass is 10.1. The summed E-state index contributed by atoms with van der Waals surface area (Å²) in [4.78, 5) is 2.16. The first-order chi connectivity index (χ1) is 7.09. The van der Waals surface area contributed by atoms with Gasteiger partial charge < -0.3 is 10.2 Å². The molecule has 84 valence electrons. The third-order valence-corrected chi connectivity index (χ3v) is 2.59. The molecule has 1 atom stereocenters. The number of halogens is 1. The molecule has 1 aromatic rings. The SMILES string of the molecule is C[C@H](NCCN(C)C)c1cccc(Cl)c1. The van der Waals surface area contributed by atoms with Gasteiger partial charge in [-0.3, -0.25) is 0 Å². The topological polar surface area (TPSA) is 15.3 Å². The fourth-order valence-corrected chi connectivity index (χ4v) is 1.60. The van der Waals surface area contributed by atoms with Crippen molar-refractivity contribution in [3.8, 4) is 0 Å². The predicted molar refractivity (Wildman–Crippen MR) is 66.4 cm³/mol. The summed E-state index contributed by atoms with van der Waals surface area (Å²) in [6, 6.07) is 8.34. The van der Waals surface area contributed by atoms with Gasteiger partial charge in [0.2, 0.25) is 0 Å². The van der Waals surface area contributed by atoms with Crippen molar-refractivity contribution in [3.05, 3.63) is 34.9 Å². The average Bonchev–Trinajstić information content (AvgIpc) is 2.17. The normalized spacial score (nSPS) is 13.1. The van der Waals surface area contributed by atoms with Crippen LogP contribution in [0.5, 0.6) is 0 Å². The van der Waals surface area contributed by atoms with Crippen molar-refractivity contribution in [1.82, 2.24) is 10.2 Å². The summed E-state index contributed by atoms with van der Waals surface area (Å²) in [7, 11) is 4.15. The molecule has 0 spiro atoms. The fourth-order valence-electron chi connectivity index (χ4n) is 1.40. The van der Waals surface area contributed by atoms with Gasteiger partial charge in [-0.05, 0) is 38.7 Å². The Bertz CT molecular complexity index is 299. The Balaban J connectivity index is 2.43. The van der Waals surface area contributed by atoms with E-state index in [4.69, 9.17) is 11.6 Å². The van der Waals surface area contributed by atoms with Crippen molar-refractivity contribution in [1.29, 1.82) is 0 Å². The molecule has 0 aliphatic carbocycles. The second-order valence-corrected chi connectivity index (χ2v) is 4.47. The summed E-state index contributed by atoms with van der Waals surface area (Å²) in [6.07, 6.45) is 0. The van der Waals surface area contributed by atoms with Gasteiger partial charge in [-0.25, -0.2) is 0 Å². The van der Waals surface area contributed by atoms with Gasteiger partial charge in [-0.2, -0.15) is 0 Å². The quantitative estimate of drug-likeness (QED) is 0.830. The first-order valence-corrected chi connectivity index (χ1v) is 5.61. The van der Waals surface area contributed by atoms with E-state index in [1.165, 1.54) is 5.56 Å². The van der Waals surface area contributed by atoms with Gasteiger partial charge in [-0.15, -0.1) is 0 Å². The van der Waals surface area contributed by atoms with Crippen LogP contribution in [0, 0.1) is 0 Å². The molecule has 0 heterocycles. The summed E-state index contributed by atoms with van der Waals surface area (Å²) in [5.41, 5.74) is 1.24. The molecule has 0 saturated carbocycles. The summed E-state index contributed by atoms with van der Waals surface area (Å²) in [5.74, 6) is 0. The van der Waals surface area contributed by atoms with E-state index < -0.39 is 0 Å². The van der Waals surface area contributed by atoms with E-state index in [9.17, 15) is 0 Å². The van der Waals surface area contributed by atoms with Gasteiger partial charge in [-0.1, -0.05) is 23.7 Å². The number of nitrogens with one attached hydrogen (secondary N) is 1. The Kier molecular flexibility index (Phi) is 5.09. The molecular formula is C12H19ClN2. The number of benzene rings is 1. The minimum absolute atomic E-state index is 0.351. The lowest BCUT2D eigenvalue weighted by Crippen LogP contribution is -2.28. The first-order valence-electron chi connectivity index (χ1n) is 5.23. The summed E-state index contributed by atoms with van der Waals surface area (Å²) < 4.78 is 0. The highest BCUT2D eigenvalue weighted by Gasteiger charge is 2.04. The van der Waals surface area contributed by atoms with Crippen LogP contribution < -0.4 is 5.32 Å². The highest BCUT2D eigenvalue weighted by atomic mass is 35.5. The number of rotatable bonds is 5. The number of hydrogen-bond acceptors (Lipinski definition) is 2. The summed E-state index contributed by atoms with van der Waals surface area (Å²) in [5, 5.41) is 4.26. The molecule has 0 saturated heterocycles. The van der Waals surface area contributed by atoms with Crippen molar-refractivity contribution in [2.75, 3.05) is 27.2 Å². The van der Waals surface area contributed by atoms with Crippen molar-refractivity contribution in [2.24, 2.45) is 0 Å². The Labute approximate surface area is 97.2 Å². The van der Waals surface area contributed by atoms with Crippen LogP contribution in [0.25, 0.3) is 0 Å². The Morgan fingerprint density at radius 1 is 1.40 bits per heavy atom. The highest BCUT2D eigenvalue weighted by molar-refractivity contribution is 6.30. The van der Waals surface area contributed by atoms with Gasteiger partial charge in [0.25, 0.3) is 0 Å². The second-order valence-electron chi connectivity index (χ2n) is 4.03. The molecule has 0 aliphatic heterocycles. The van der Waals surface area contributed by atoms with Crippen molar-refractivity contribution < 1.29 is 0 Å². The van der Waals surface area contributed by atoms with Gasteiger partial charge >= 0.3 is 0 Å². The van der Waals surface area contributed by atoms with Crippen LogP contribution in [0.15, 0.2) is 24.3 Å². The zero-order chi connectivity index (χ0) is 11.3. The maximum Gasteiger partial charge on any atom is 0.0409 e. The maximum absolute atomic E-state index is 5.94. The standard InChI is InChI=1S/C12H19ClN2/c1-10(14-7-8-15(2)3)11-5-4-6-12(13)9-11/h4-6,9-10,14H,7-8H2,1-3H3/t10-/m0/s1. The zero-order valence-corrected chi connectivity index (χ0v) is 10.4. The third kappa shape index (κ3) is 4.65. The Morgan fingerprint density at radius 2 is 2.13 bits per heavy atom. The minimum atomic E-state index is 0.351. The number of nitrogens with zero attached hydrogens (tertiary/aromatic N) is 1. The minimum Gasteiger partial charge on any atom is -0.309 e. The van der Waals surface area contributed by atoms with E-state index in [0.29, 0.717) is 6.04 Å². The van der Waals surface area contributed by atoms with E-state index in [2.05, 4.69) is 37.3 Å². The second kappa shape index (κ2) is 6.11. The lowest BCUT2D eigenvalue weighted by Gasteiger charge is -2.16. The van der Waals surface area contributed by atoms with Crippen molar-refractivity contribution in [2.45, 2.75) is 13.0 Å². The van der Waals surface area contributed by atoms with Crippen LogP contribution in [-0.4, -0.2) is 32.1 Å². The third-order valence-electron chi connectivity index (χ3n) is 2.36. The molecule has 2 nitrogen and oxygen atoms in total. The number of hydrogen-bond donors (Lipinski definition) is 1. The Hall–Kier alpha value is -0.570. The average molecular weight is 227 g/mol. The molecule has 1 N–H and O–H groups in total. The van der Waals surface area contributed by atoms with Crippen LogP contribution in [-0.2, 0) is 0 Å². The molecule has 0 fully saturated rings. The van der Waals surface area contributed by atoms with Crippen LogP contribution in [0.3, 0.4) is 0 Å². The van der Waals surface area contributed by atoms with E-state index >= 15 is 0 Å². The van der Waals surface area contributed by atoms with E-state index in [1.807, 2.05) is 18.2 Å². The molecule has 0 aromatic heterocycles.